The molecule has 1 heterocycles. The second kappa shape index (κ2) is 6.75. The van der Waals surface area contributed by atoms with Gasteiger partial charge in [0.15, 0.2) is 0 Å². The molecule has 0 unspecified atom stereocenters. The van der Waals surface area contributed by atoms with Gasteiger partial charge in [0.1, 0.15) is 0 Å². The van der Waals surface area contributed by atoms with Crippen molar-refractivity contribution in [1.82, 2.24) is 4.98 Å². The minimum Gasteiger partial charge on any atom is -0.481 e. The Hall–Kier alpha value is -1.55. The average Bonchev–Trinajstić information content (AvgIpc) is 2.41. The summed E-state index contributed by atoms with van der Waals surface area (Å²) in [5, 5.41) is 9.94. The molecule has 1 aromatic heterocycles. The molecule has 106 valence electrons. The van der Waals surface area contributed by atoms with Crippen molar-refractivity contribution in [3.63, 3.8) is 0 Å². The summed E-state index contributed by atoms with van der Waals surface area (Å²) in [5.74, 6) is -0.149. The van der Waals surface area contributed by atoms with Gasteiger partial charge in [0.2, 0.25) is 0 Å². The summed E-state index contributed by atoms with van der Waals surface area (Å²) in [5.41, 5.74) is 3.31. The molecule has 0 radical (unpaired) electrons. The summed E-state index contributed by atoms with van der Waals surface area (Å²) in [4.78, 5) is 16.6. The van der Waals surface area contributed by atoms with Gasteiger partial charge < -0.3 is 5.11 Å². The second-order valence-electron chi connectivity index (χ2n) is 4.76. The normalized spacial score (nSPS) is 10.9. The number of pyridine rings is 1. The van der Waals surface area contributed by atoms with E-state index < -0.39 is 5.97 Å². The number of thioether (sulfide) groups is 1. The molecule has 3 nitrogen and oxygen atoms in total. The lowest BCUT2D eigenvalue weighted by atomic mass is 10.1. The van der Waals surface area contributed by atoms with Gasteiger partial charge >= 0.3 is 5.97 Å². The number of carboxylic acid groups (broad SMARTS) is 1. The zero-order valence-corrected chi connectivity index (χ0v) is 12.7. The Balaban J connectivity index is 2.45. The number of benzene rings is 1. The van der Waals surface area contributed by atoms with Crippen molar-refractivity contribution in [3.8, 4) is 0 Å². The number of hydrogen-bond donors (Lipinski definition) is 1. The van der Waals surface area contributed by atoms with Gasteiger partial charge in [-0.1, -0.05) is 31.5 Å². The molecule has 0 atom stereocenters. The van der Waals surface area contributed by atoms with Gasteiger partial charge in [-0.25, -0.2) is 0 Å². The van der Waals surface area contributed by atoms with E-state index in [1.54, 1.807) is 11.8 Å². The number of carboxylic acids is 1. The molecule has 4 heteroatoms. The van der Waals surface area contributed by atoms with Crippen molar-refractivity contribution in [2.75, 3.05) is 5.75 Å². The van der Waals surface area contributed by atoms with Gasteiger partial charge in [0.25, 0.3) is 0 Å². The summed E-state index contributed by atoms with van der Waals surface area (Å²) in [6, 6.07) is 8.08. The predicted octanol–water partition coefficient (Wildman–Crippen LogP) is 4.06. The highest BCUT2D eigenvalue weighted by molar-refractivity contribution is 7.99. The monoisotopic (exact) mass is 289 g/mol. The molecule has 0 aliphatic heterocycles. The Morgan fingerprint density at radius 1 is 1.35 bits per heavy atom. The second-order valence-corrected chi connectivity index (χ2v) is 5.87. The molecule has 0 fully saturated rings. The zero-order chi connectivity index (χ0) is 14.5. The molecule has 20 heavy (non-hydrogen) atoms. The first-order chi connectivity index (χ1) is 9.63. The molecule has 1 N–H and O–H groups in total. The fraction of sp³-hybridized carbons (Fsp3) is 0.375. The van der Waals surface area contributed by atoms with Crippen molar-refractivity contribution in [2.45, 2.75) is 38.0 Å². The van der Waals surface area contributed by atoms with E-state index in [1.807, 2.05) is 25.1 Å². The van der Waals surface area contributed by atoms with E-state index in [0.717, 1.165) is 29.4 Å². The van der Waals surface area contributed by atoms with Crippen LogP contribution in [0.3, 0.4) is 0 Å². The number of rotatable bonds is 6. The van der Waals surface area contributed by atoms with E-state index >= 15 is 0 Å². The predicted molar refractivity (Wildman–Crippen MR) is 83.5 cm³/mol. The number of para-hydroxylation sites is 1. The van der Waals surface area contributed by atoms with Crippen LogP contribution in [0.5, 0.6) is 0 Å². The third kappa shape index (κ3) is 3.31. The molecule has 0 saturated carbocycles. The van der Waals surface area contributed by atoms with Crippen LogP contribution in [-0.4, -0.2) is 21.8 Å². The largest absolute Gasteiger partial charge is 0.481 e. The lowest BCUT2D eigenvalue weighted by Gasteiger charge is -2.14. The first-order valence-corrected chi connectivity index (χ1v) is 7.84. The van der Waals surface area contributed by atoms with Crippen LogP contribution in [0.15, 0.2) is 29.2 Å². The van der Waals surface area contributed by atoms with Crippen LogP contribution in [0.1, 0.15) is 31.0 Å². The van der Waals surface area contributed by atoms with Crippen LogP contribution in [0.4, 0.5) is 0 Å². The van der Waals surface area contributed by atoms with Gasteiger partial charge in [-0.2, -0.15) is 0 Å². The van der Waals surface area contributed by atoms with Crippen LogP contribution >= 0.6 is 11.8 Å². The lowest BCUT2D eigenvalue weighted by Crippen LogP contribution is -2.00. The maximum absolute atomic E-state index is 10.7. The Kier molecular flexibility index (Phi) is 5.01. The van der Waals surface area contributed by atoms with Crippen LogP contribution in [0, 0.1) is 6.92 Å². The van der Waals surface area contributed by atoms with E-state index in [0.29, 0.717) is 5.75 Å². The molecule has 0 bridgehead atoms. The van der Waals surface area contributed by atoms with Crippen LogP contribution in [0.2, 0.25) is 0 Å². The Bertz CT molecular complexity index is 625. The number of nitrogens with zero attached hydrogens (tertiary/aromatic N) is 1. The molecule has 2 rings (SSSR count). The molecular formula is C16H19NO2S. The smallest absolute Gasteiger partial charge is 0.304 e. The summed E-state index contributed by atoms with van der Waals surface area (Å²) in [7, 11) is 0. The van der Waals surface area contributed by atoms with Gasteiger partial charge in [0.05, 0.1) is 11.9 Å². The van der Waals surface area contributed by atoms with E-state index in [1.165, 1.54) is 10.5 Å². The molecule has 0 aliphatic carbocycles. The third-order valence-corrected chi connectivity index (χ3v) is 4.37. The fourth-order valence-corrected chi connectivity index (χ4v) is 3.52. The minimum absolute atomic E-state index is 0.186. The maximum atomic E-state index is 10.7. The maximum Gasteiger partial charge on any atom is 0.304 e. The van der Waals surface area contributed by atoms with Gasteiger partial charge in [-0.15, -0.1) is 11.8 Å². The van der Waals surface area contributed by atoms with E-state index in [4.69, 9.17) is 5.11 Å². The molecule has 2 aromatic rings. The van der Waals surface area contributed by atoms with Gasteiger partial charge in [-0.05, 0) is 25.0 Å². The average molecular weight is 289 g/mol. The molecule has 0 aliphatic rings. The topological polar surface area (TPSA) is 50.2 Å². The Morgan fingerprint density at radius 3 is 2.80 bits per heavy atom. The van der Waals surface area contributed by atoms with Crippen molar-refractivity contribution >= 4 is 28.6 Å². The minimum atomic E-state index is -0.746. The summed E-state index contributed by atoms with van der Waals surface area (Å²) < 4.78 is 0. The summed E-state index contributed by atoms with van der Waals surface area (Å²) in [6.45, 7) is 4.19. The fourth-order valence-electron chi connectivity index (χ4n) is 2.29. The van der Waals surface area contributed by atoms with Crippen molar-refractivity contribution in [3.05, 3.63) is 35.5 Å². The lowest BCUT2D eigenvalue weighted by molar-refractivity contribution is -0.136. The molecule has 0 spiro atoms. The highest BCUT2D eigenvalue weighted by atomic mass is 32.2. The van der Waals surface area contributed by atoms with Gasteiger partial charge in [0, 0.05) is 21.7 Å². The number of aromatic nitrogens is 1. The number of carbonyl (C=O) groups is 1. The van der Waals surface area contributed by atoms with Crippen molar-refractivity contribution in [1.29, 1.82) is 0 Å². The number of aliphatic carboxylic acids is 1. The van der Waals surface area contributed by atoms with E-state index in [-0.39, 0.29) is 6.42 Å². The molecule has 0 saturated heterocycles. The molecule has 0 amide bonds. The van der Waals surface area contributed by atoms with Crippen molar-refractivity contribution < 1.29 is 9.90 Å². The SMILES string of the molecule is CCCc1c(C)nc2ccccc2c1SCCC(=O)O. The highest BCUT2D eigenvalue weighted by Crippen LogP contribution is 2.33. The first-order valence-electron chi connectivity index (χ1n) is 6.86. The first kappa shape index (κ1) is 14.9. The molecule has 1 aromatic carbocycles. The van der Waals surface area contributed by atoms with Crippen LogP contribution < -0.4 is 0 Å². The number of fused-ring (bicyclic) bond motifs is 1. The van der Waals surface area contributed by atoms with E-state index in [2.05, 4.69) is 18.0 Å². The Morgan fingerprint density at radius 2 is 2.10 bits per heavy atom. The number of hydrogen-bond acceptors (Lipinski definition) is 3. The summed E-state index contributed by atoms with van der Waals surface area (Å²) >= 11 is 1.64. The van der Waals surface area contributed by atoms with Gasteiger partial charge in [-0.3, -0.25) is 9.78 Å². The standard InChI is InChI=1S/C16H19NO2S/c1-3-6-12-11(2)17-14-8-5-4-7-13(14)16(12)20-10-9-15(18)19/h4-5,7-8H,3,6,9-10H2,1-2H3,(H,18,19). The zero-order valence-electron chi connectivity index (χ0n) is 11.8. The van der Waals surface area contributed by atoms with Crippen LogP contribution in [0.25, 0.3) is 10.9 Å². The van der Waals surface area contributed by atoms with Crippen molar-refractivity contribution in [2.24, 2.45) is 0 Å². The van der Waals surface area contributed by atoms with E-state index in [9.17, 15) is 4.79 Å². The molecular weight excluding hydrogens is 270 g/mol. The number of aryl methyl sites for hydroxylation is 1. The highest BCUT2D eigenvalue weighted by Gasteiger charge is 2.12. The summed E-state index contributed by atoms with van der Waals surface area (Å²) in [6.07, 6.45) is 2.23. The Labute approximate surface area is 123 Å². The van der Waals surface area contributed by atoms with Crippen LogP contribution in [-0.2, 0) is 11.2 Å². The third-order valence-electron chi connectivity index (χ3n) is 3.21. The quantitative estimate of drug-likeness (QED) is 0.815.